The Bertz CT molecular complexity index is 1000. The van der Waals surface area contributed by atoms with E-state index in [0.717, 1.165) is 17.0 Å². The molecule has 7 nitrogen and oxygen atoms in total. The van der Waals surface area contributed by atoms with E-state index in [2.05, 4.69) is 9.84 Å². The van der Waals surface area contributed by atoms with Crippen molar-refractivity contribution in [2.24, 2.45) is 0 Å². The molecule has 1 amide bonds. The largest absolute Gasteiger partial charge is 0.435 e. The van der Waals surface area contributed by atoms with Crippen molar-refractivity contribution >= 4 is 15.7 Å². The second-order valence-corrected chi connectivity index (χ2v) is 9.44. The summed E-state index contributed by atoms with van der Waals surface area (Å²) in [6, 6.07) is 5.33. The van der Waals surface area contributed by atoms with Gasteiger partial charge in [-0.1, -0.05) is 0 Å². The topological polar surface area (TPSA) is 81.5 Å². The van der Waals surface area contributed by atoms with Gasteiger partial charge in [-0.25, -0.2) is 8.42 Å². The summed E-state index contributed by atoms with van der Waals surface area (Å²) in [5, 5.41) is 4.51. The van der Waals surface area contributed by atoms with Gasteiger partial charge in [-0.3, -0.25) is 9.48 Å². The Labute approximate surface area is 168 Å². The zero-order valence-corrected chi connectivity index (χ0v) is 17.2. The summed E-state index contributed by atoms with van der Waals surface area (Å²) in [5.41, 5.74) is 2.79. The fourth-order valence-corrected chi connectivity index (χ4v) is 5.25. The number of carbonyl (C=O) groups excluding carboxylic acids is 1. The number of hydrogen-bond acceptors (Lipinski definition) is 5. The lowest BCUT2D eigenvalue weighted by atomic mass is 10.1. The molecule has 0 N–H and O–H groups in total. The second-order valence-electron chi connectivity index (χ2n) is 7.21. The van der Waals surface area contributed by atoms with Gasteiger partial charge in [-0.2, -0.15) is 13.9 Å². The monoisotopic (exact) mass is 427 g/mol. The summed E-state index contributed by atoms with van der Waals surface area (Å²) in [5.74, 6) is -0.0483. The smallest absolute Gasteiger partial charge is 0.387 e. The summed E-state index contributed by atoms with van der Waals surface area (Å²) < 4.78 is 54.1. The van der Waals surface area contributed by atoms with Crippen LogP contribution >= 0.6 is 0 Å². The first-order valence-electron chi connectivity index (χ1n) is 9.12. The predicted octanol–water partition coefficient (Wildman–Crippen LogP) is 2.73. The summed E-state index contributed by atoms with van der Waals surface area (Å²) in [4.78, 5) is 14.2. The minimum Gasteiger partial charge on any atom is -0.435 e. The van der Waals surface area contributed by atoms with Crippen LogP contribution in [0.2, 0.25) is 0 Å². The van der Waals surface area contributed by atoms with Crippen LogP contribution in [0.3, 0.4) is 0 Å². The van der Waals surface area contributed by atoms with Gasteiger partial charge < -0.3 is 9.64 Å². The highest BCUT2D eigenvalue weighted by Crippen LogP contribution is 2.27. The number of aromatic nitrogens is 2. The van der Waals surface area contributed by atoms with Crippen LogP contribution in [0.1, 0.15) is 39.8 Å². The highest BCUT2D eigenvalue weighted by atomic mass is 32.2. The average molecular weight is 427 g/mol. The molecule has 1 aromatic heterocycles. The van der Waals surface area contributed by atoms with Gasteiger partial charge in [0.2, 0.25) is 0 Å². The first-order valence-corrected chi connectivity index (χ1v) is 10.9. The molecule has 2 aromatic rings. The van der Waals surface area contributed by atoms with Crippen molar-refractivity contribution in [3.05, 3.63) is 46.8 Å². The van der Waals surface area contributed by atoms with E-state index in [-0.39, 0.29) is 29.2 Å². The Morgan fingerprint density at radius 1 is 1.31 bits per heavy atom. The predicted molar refractivity (Wildman–Crippen MR) is 103 cm³/mol. The molecule has 0 radical (unpaired) electrons. The van der Waals surface area contributed by atoms with Crippen molar-refractivity contribution in [1.29, 1.82) is 0 Å². The van der Waals surface area contributed by atoms with Crippen molar-refractivity contribution in [2.75, 3.05) is 18.6 Å². The lowest BCUT2D eigenvalue weighted by molar-refractivity contribution is -0.0498. The standard InChI is InChI=1S/C19H23F2N3O4S/c1-12-17(13(2)24(22-12)15-8-9-29(26,27)11-15)10-23(3)18(25)14-4-6-16(7-5-14)28-19(20)21/h4-7,15,19H,8-11H2,1-3H3/t15-/m1/s1. The zero-order valence-electron chi connectivity index (χ0n) is 16.4. The summed E-state index contributed by atoms with van der Waals surface area (Å²) in [7, 11) is -1.39. The maximum Gasteiger partial charge on any atom is 0.387 e. The van der Waals surface area contributed by atoms with Gasteiger partial charge in [0.05, 0.1) is 23.2 Å². The minimum absolute atomic E-state index is 0.0151. The van der Waals surface area contributed by atoms with Crippen molar-refractivity contribution in [2.45, 2.75) is 39.5 Å². The van der Waals surface area contributed by atoms with Crippen LogP contribution in [-0.2, 0) is 16.4 Å². The van der Waals surface area contributed by atoms with Crippen molar-refractivity contribution in [3.8, 4) is 5.75 Å². The maximum atomic E-state index is 12.7. The van der Waals surface area contributed by atoms with Gasteiger partial charge in [0.1, 0.15) is 5.75 Å². The first-order chi connectivity index (χ1) is 13.6. The van der Waals surface area contributed by atoms with E-state index in [4.69, 9.17) is 0 Å². The molecule has 1 aliphatic rings. The van der Waals surface area contributed by atoms with Crippen LogP contribution in [0.15, 0.2) is 24.3 Å². The minimum atomic E-state index is -3.03. The Morgan fingerprint density at radius 2 is 1.97 bits per heavy atom. The zero-order chi connectivity index (χ0) is 21.3. The lowest BCUT2D eigenvalue weighted by Gasteiger charge is -2.18. The molecule has 158 valence electrons. The van der Waals surface area contributed by atoms with E-state index in [1.54, 1.807) is 11.7 Å². The molecule has 0 unspecified atom stereocenters. The number of halogens is 2. The van der Waals surface area contributed by atoms with E-state index < -0.39 is 16.4 Å². The Hall–Kier alpha value is -2.49. The number of benzene rings is 1. The Balaban J connectivity index is 1.73. The van der Waals surface area contributed by atoms with Gasteiger partial charge in [0.15, 0.2) is 9.84 Å². The average Bonchev–Trinajstić information content (AvgIpc) is 3.14. The lowest BCUT2D eigenvalue weighted by Crippen LogP contribution is -2.26. The van der Waals surface area contributed by atoms with Gasteiger partial charge in [-0.05, 0) is 44.5 Å². The number of ether oxygens (including phenoxy) is 1. The van der Waals surface area contributed by atoms with Gasteiger partial charge in [0, 0.05) is 30.4 Å². The van der Waals surface area contributed by atoms with E-state index in [1.165, 1.54) is 29.2 Å². The fourth-order valence-electron chi connectivity index (χ4n) is 3.56. The molecule has 1 saturated heterocycles. The summed E-state index contributed by atoms with van der Waals surface area (Å²) in [6.45, 7) is 1.08. The molecular weight excluding hydrogens is 404 g/mol. The number of rotatable bonds is 6. The van der Waals surface area contributed by atoms with Crippen molar-refractivity contribution < 1.29 is 26.7 Å². The van der Waals surface area contributed by atoms with Crippen LogP contribution in [-0.4, -0.2) is 54.2 Å². The van der Waals surface area contributed by atoms with Crippen molar-refractivity contribution in [3.63, 3.8) is 0 Å². The van der Waals surface area contributed by atoms with Gasteiger partial charge in [0.25, 0.3) is 5.91 Å². The van der Waals surface area contributed by atoms with E-state index >= 15 is 0 Å². The molecule has 0 aliphatic carbocycles. The second kappa shape index (κ2) is 8.10. The third-order valence-corrected chi connectivity index (χ3v) is 6.85. The molecule has 1 aliphatic heterocycles. The molecule has 29 heavy (non-hydrogen) atoms. The summed E-state index contributed by atoms with van der Waals surface area (Å²) >= 11 is 0. The molecule has 0 saturated carbocycles. The number of sulfone groups is 1. The van der Waals surface area contributed by atoms with Crippen LogP contribution in [0.5, 0.6) is 5.75 Å². The molecule has 3 rings (SSSR count). The normalized spacial score (nSPS) is 18.2. The number of alkyl halides is 2. The van der Waals surface area contributed by atoms with Crippen molar-refractivity contribution in [1.82, 2.24) is 14.7 Å². The van der Waals surface area contributed by atoms with E-state index in [0.29, 0.717) is 18.5 Å². The van der Waals surface area contributed by atoms with Crippen LogP contribution < -0.4 is 4.74 Å². The quantitative estimate of drug-likeness (QED) is 0.708. The number of nitrogens with zero attached hydrogens (tertiary/aromatic N) is 3. The highest BCUT2D eigenvalue weighted by molar-refractivity contribution is 7.91. The number of carbonyl (C=O) groups is 1. The van der Waals surface area contributed by atoms with Gasteiger partial charge >= 0.3 is 6.61 Å². The molecular formula is C19H23F2N3O4S. The van der Waals surface area contributed by atoms with E-state index in [1.807, 2.05) is 13.8 Å². The molecule has 2 heterocycles. The molecule has 1 fully saturated rings. The molecule has 1 atom stereocenters. The van der Waals surface area contributed by atoms with Crippen LogP contribution in [0.4, 0.5) is 8.78 Å². The number of aryl methyl sites for hydroxylation is 1. The SMILES string of the molecule is Cc1nn([C@@H]2CCS(=O)(=O)C2)c(C)c1CN(C)C(=O)c1ccc(OC(F)F)cc1. The Kier molecular flexibility index (Phi) is 5.92. The van der Waals surface area contributed by atoms with Crippen LogP contribution in [0.25, 0.3) is 0 Å². The molecule has 0 spiro atoms. The third-order valence-electron chi connectivity index (χ3n) is 5.10. The first kappa shape index (κ1) is 21.2. The molecule has 1 aromatic carbocycles. The molecule has 0 bridgehead atoms. The number of hydrogen-bond donors (Lipinski definition) is 0. The third kappa shape index (κ3) is 4.75. The maximum absolute atomic E-state index is 12.7. The highest BCUT2D eigenvalue weighted by Gasteiger charge is 2.31. The van der Waals surface area contributed by atoms with E-state index in [9.17, 15) is 22.0 Å². The fraction of sp³-hybridized carbons (Fsp3) is 0.474. The van der Waals surface area contributed by atoms with Crippen LogP contribution in [0, 0.1) is 13.8 Å². The number of amides is 1. The van der Waals surface area contributed by atoms with Gasteiger partial charge in [-0.15, -0.1) is 0 Å². The molecule has 10 heteroatoms. The summed E-state index contributed by atoms with van der Waals surface area (Å²) in [6.07, 6.45) is 0.533. The Morgan fingerprint density at radius 3 is 2.52 bits per heavy atom.